The van der Waals surface area contributed by atoms with Crippen LogP contribution in [-0.4, -0.2) is 60.5 Å². The van der Waals surface area contributed by atoms with Crippen molar-refractivity contribution in [2.45, 2.75) is 45.1 Å². The maximum absolute atomic E-state index is 13.5. The fraction of sp³-hybridized carbons (Fsp3) is 0.400. The van der Waals surface area contributed by atoms with Crippen LogP contribution in [0, 0.1) is 0 Å². The summed E-state index contributed by atoms with van der Waals surface area (Å²) in [5.41, 5.74) is 4.37. The van der Waals surface area contributed by atoms with E-state index in [1.54, 1.807) is 47.7 Å². The van der Waals surface area contributed by atoms with Crippen LogP contribution < -0.4 is 45.1 Å². The molecule has 0 aromatic heterocycles. The first-order valence-corrected chi connectivity index (χ1v) is 15.2. The summed E-state index contributed by atoms with van der Waals surface area (Å²) in [5, 5.41) is 9.16. The molecule has 0 saturated heterocycles. The van der Waals surface area contributed by atoms with Crippen LogP contribution in [0.5, 0.6) is 28.7 Å². The predicted molar refractivity (Wildman–Crippen MR) is 177 cm³/mol. The number of methoxy groups -OCH3 is 5. The molecule has 3 aromatic rings. The lowest BCUT2D eigenvalue weighted by molar-refractivity contribution is -0.121. The molecule has 3 N–H and O–H groups in total. The van der Waals surface area contributed by atoms with Gasteiger partial charge in [0, 0.05) is 32.0 Å². The van der Waals surface area contributed by atoms with Crippen molar-refractivity contribution in [1.29, 1.82) is 0 Å². The number of fused-ring (bicyclic) bond motifs is 3. The highest BCUT2D eigenvalue weighted by molar-refractivity contribution is 5.84. The number of benzene rings is 2. The van der Waals surface area contributed by atoms with Crippen molar-refractivity contribution < 1.29 is 33.3 Å². The van der Waals surface area contributed by atoms with Crippen LogP contribution in [0.1, 0.15) is 48.9 Å². The second kappa shape index (κ2) is 15.9. The first kappa shape index (κ1) is 34.0. The Hall–Kier alpha value is -4.93. The molecule has 1 aliphatic carbocycles. The molecular weight excluding hydrogens is 590 g/mol. The van der Waals surface area contributed by atoms with Crippen molar-refractivity contribution in [2.75, 3.05) is 54.0 Å². The van der Waals surface area contributed by atoms with E-state index in [9.17, 15) is 14.4 Å². The van der Waals surface area contributed by atoms with E-state index >= 15 is 0 Å². The Kier molecular flexibility index (Phi) is 11.7. The second-order valence-electron chi connectivity index (χ2n) is 10.9. The molecule has 46 heavy (non-hydrogen) atoms. The van der Waals surface area contributed by atoms with Crippen molar-refractivity contribution in [3.8, 4) is 39.9 Å². The largest absolute Gasteiger partial charge is 0.493 e. The third-order valence-electron chi connectivity index (χ3n) is 8.00. The van der Waals surface area contributed by atoms with E-state index in [4.69, 9.17) is 23.7 Å². The van der Waals surface area contributed by atoms with Gasteiger partial charge in [-0.25, -0.2) is 0 Å². The van der Waals surface area contributed by atoms with Gasteiger partial charge in [0.2, 0.25) is 23.0 Å². The molecule has 0 radical (unpaired) electrons. The predicted octanol–water partition coefficient (Wildman–Crippen LogP) is 4.43. The minimum atomic E-state index is -0.391. The van der Waals surface area contributed by atoms with Gasteiger partial charge < -0.3 is 39.6 Å². The van der Waals surface area contributed by atoms with Gasteiger partial charge in [0.25, 0.3) is 0 Å². The highest BCUT2D eigenvalue weighted by Crippen LogP contribution is 2.50. The van der Waals surface area contributed by atoms with E-state index < -0.39 is 6.04 Å². The number of aryl methyl sites for hydroxylation is 1. The molecule has 0 unspecified atom stereocenters. The Labute approximate surface area is 269 Å². The van der Waals surface area contributed by atoms with Gasteiger partial charge in [-0.05, 0) is 78.3 Å². The maximum atomic E-state index is 13.5. The van der Waals surface area contributed by atoms with E-state index in [-0.39, 0.29) is 17.2 Å². The molecule has 4 rings (SSSR count). The molecule has 0 aliphatic heterocycles. The monoisotopic (exact) mass is 633 g/mol. The molecular formula is C35H43N3O8. The molecule has 0 fully saturated rings. The molecule has 0 saturated carbocycles. The number of carbonyl (C=O) groups is 2. The highest BCUT2D eigenvalue weighted by atomic mass is 16.5. The van der Waals surface area contributed by atoms with Gasteiger partial charge in [-0.1, -0.05) is 12.1 Å². The van der Waals surface area contributed by atoms with Gasteiger partial charge in [0.15, 0.2) is 23.0 Å². The van der Waals surface area contributed by atoms with Crippen LogP contribution in [-0.2, 0) is 22.4 Å². The van der Waals surface area contributed by atoms with Gasteiger partial charge in [-0.3, -0.25) is 14.4 Å². The summed E-state index contributed by atoms with van der Waals surface area (Å²) in [7, 11) is 7.86. The number of carbonyl (C=O) groups excluding carboxylic acids is 2. The first-order valence-electron chi connectivity index (χ1n) is 15.2. The van der Waals surface area contributed by atoms with Gasteiger partial charge in [0.1, 0.15) is 0 Å². The summed E-state index contributed by atoms with van der Waals surface area (Å²) in [6, 6.07) is 12.4. The number of rotatable bonds is 14. The zero-order valence-corrected chi connectivity index (χ0v) is 27.3. The lowest BCUT2D eigenvalue weighted by atomic mass is 9.95. The maximum Gasteiger partial charge on any atom is 0.220 e. The van der Waals surface area contributed by atoms with Crippen LogP contribution in [0.15, 0.2) is 47.3 Å². The summed E-state index contributed by atoms with van der Waals surface area (Å²) < 4.78 is 27.7. The van der Waals surface area contributed by atoms with Crippen LogP contribution in [0.3, 0.4) is 0 Å². The van der Waals surface area contributed by atoms with Crippen LogP contribution in [0.25, 0.3) is 11.1 Å². The van der Waals surface area contributed by atoms with Crippen molar-refractivity contribution in [3.63, 3.8) is 0 Å². The van der Waals surface area contributed by atoms with E-state index in [0.29, 0.717) is 85.2 Å². The summed E-state index contributed by atoms with van der Waals surface area (Å²) in [6.45, 7) is 2.38. The standard InChI is InChI=1S/C35H43N3O8/c1-21(39)38-26-12-10-23-19-31(44-4)34(45-5)35(46-6)33(23)24-11-13-27(28(40)20-25(24)26)36-16-7-8-32(41)37-17-15-22-9-14-29(42-2)30(18-22)43-3/h9,11,13-14,18-20,26H,7-8,10,12,15-17H2,1-6H3,(H,36,40)(H,37,41)(H,38,39)/t26-/m0/s1. The van der Waals surface area contributed by atoms with Gasteiger partial charge in [-0.2, -0.15) is 0 Å². The number of hydrogen-bond donors (Lipinski definition) is 3. The van der Waals surface area contributed by atoms with Crippen molar-refractivity contribution >= 4 is 17.5 Å². The second-order valence-corrected chi connectivity index (χ2v) is 10.9. The van der Waals surface area contributed by atoms with Gasteiger partial charge in [-0.15, -0.1) is 0 Å². The third-order valence-corrected chi connectivity index (χ3v) is 8.00. The molecule has 0 heterocycles. The normalized spacial score (nSPS) is 13.3. The molecule has 1 atom stereocenters. The Morgan fingerprint density at radius 3 is 2.24 bits per heavy atom. The number of anilines is 1. The van der Waals surface area contributed by atoms with Crippen LogP contribution >= 0.6 is 0 Å². The lowest BCUT2D eigenvalue weighted by Crippen LogP contribution is -2.26. The minimum Gasteiger partial charge on any atom is -0.493 e. The van der Waals surface area contributed by atoms with E-state index in [2.05, 4.69) is 16.0 Å². The average Bonchev–Trinajstić information content (AvgIpc) is 3.30. The van der Waals surface area contributed by atoms with E-state index in [1.807, 2.05) is 30.3 Å². The van der Waals surface area contributed by atoms with Crippen molar-refractivity contribution in [2.24, 2.45) is 0 Å². The fourth-order valence-corrected chi connectivity index (χ4v) is 5.80. The van der Waals surface area contributed by atoms with Gasteiger partial charge in [0.05, 0.1) is 47.3 Å². The molecule has 1 aliphatic rings. The third kappa shape index (κ3) is 7.82. The number of nitrogens with one attached hydrogen (secondary N) is 3. The van der Waals surface area contributed by atoms with Crippen LogP contribution in [0.2, 0.25) is 0 Å². The quantitative estimate of drug-likeness (QED) is 0.221. The van der Waals surface area contributed by atoms with Crippen LogP contribution in [0.4, 0.5) is 5.69 Å². The average molecular weight is 634 g/mol. The molecule has 11 nitrogen and oxygen atoms in total. The number of ether oxygens (including phenoxy) is 5. The van der Waals surface area contributed by atoms with Crippen molar-refractivity contribution in [1.82, 2.24) is 10.6 Å². The minimum absolute atomic E-state index is 0.0684. The summed E-state index contributed by atoms with van der Waals surface area (Å²) in [5.74, 6) is 2.52. The van der Waals surface area contributed by atoms with Gasteiger partial charge >= 0.3 is 0 Å². The first-order chi connectivity index (χ1) is 22.2. The molecule has 246 valence electrons. The molecule has 0 bridgehead atoms. The zero-order chi connectivity index (χ0) is 33.2. The smallest absolute Gasteiger partial charge is 0.220 e. The Bertz CT molecular complexity index is 1620. The molecule has 3 aromatic carbocycles. The zero-order valence-electron chi connectivity index (χ0n) is 27.3. The Balaban J connectivity index is 1.48. The summed E-state index contributed by atoms with van der Waals surface area (Å²) >= 11 is 0. The Morgan fingerprint density at radius 2 is 1.57 bits per heavy atom. The lowest BCUT2D eigenvalue weighted by Gasteiger charge is -2.19. The van der Waals surface area contributed by atoms with E-state index in [0.717, 1.165) is 22.3 Å². The van der Waals surface area contributed by atoms with Crippen molar-refractivity contribution in [3.05, 3.63) is 69.4 Å². The summed E-state index contributed by atoms with van der Waals surface area (Å²) in [6.07, 6.45) is 2.68. The summed E-state index contributed by atoms with van der Waals surface area (Å²) in [4.78, 5) is 38.1. The molecule has 11 heteroatoms. The molecule has 2 amide bonds. The molecule has 0 spiro atoms. The topological polar surface area (TPSA) is 133 Å². The highest BCUT2D eigenvalue weighted by Gasteiger charge is 2.29. The fourth-order valence-electron chi connectivity index (χ4n) is 5.80. The SMILES string of the molecule is COc1ccc(CCNC(=O)CCCNc2ccc3c(cc2=O)[C@@H](NC(C)=O)CCc2cc(OC)c(OC)c(OC)c2-3)cc1OC. The Morgan fingerprint density at radius 1 is 0.826 bits per heavy atom. The van der Waals surface area contributed by atoms with E-state index in [1.165, 1.54) is 6.92 Å². The number of hydrogen-bond acceptors (Lipinski definition) is 9. The number of amides is 2.